The standard InChI is InChI=1S/C15H18N4O/c1-19-9-8-17-15(19)14(11-5-6-11)18-13(20)10-12-4-2-3-7-16-12/h2-4,7-9,11,14H,5-6,10H2,1H3,(H,18,20)/t14-/m0/s1. The van der Waals surface area contributed by atoms with Crippen LogP contribution in [0, 0.1) is 5.92 Å². The Balaban J connectivity index is 1.68. The Kier molecular flexibility index (Phi) is 3.50. The van der Waals surface area contributed by atoms with Crippen LogP contribution in [0.1, 0.15) is 30.4 Å². The van der Waals surface area contributed by atoms with Crippen molar-refractivity contribution in [3.05, 3.63) is 48.3 Å². The van der Waals surface area contributed by atoms with Crippen molar-refractivity contribution in [1.82, 2.24) is 19.9 Å². The molecule has 2 heterocycles. The molecule has 0 aromatic carbocycles. The van der Waals surface area contributed by atoms with E-state index in [1.54, 1.807) is 12.4 Å². The predicted octanol–water partition coefficient (Wildman–Crippen LogP) is 1.63. The SMILES string of the molecule is Cn1ccnc1[C@@H](NC(=O)Cc1ccccn1)C1CC1. The van der Waals surface area contributed by atoms with Crippen molar-refractivity contribution in [3.63, 3.8) is 0 Å². The summed E-state index contributed by atoms with van der Waals surface area (Å²) in [5.41, 5.74) is 0.791. The second-order valence-electron chi connectivity index (χ2n) is 5.28. The van der Waals surface area contributed by atoms with Crippen molar-refractivity contribution in [2.24, 2.45) is 13.0 Å². The van der Waals surface area contributed by atoms with E-state index >= 15 is 0 Å². The lowest BCUT2D eigenvalue weighted by Gasteiger charge is -2.18. The molecule has 0 unspecified atom stereocenters. The number of rotatable bonds is 5. The van der Waals surface area contributed by atoms with Crippen molar-refractivity contribution >= 4 is 5.91 Å². The first-order valence-corrected chi connectivity index (χ1v) is 6.90. The number of amides is 1. The molecule has 2 aromatic heterocycles. The third-order valence-corrected chi connectivity index (χ3v) is 3.61. The van der Waals surface area contributed by atoms with Crippen LogP contribution >= 0.6 is 0 Å². The number of pyridine rings is 1. The Labute approximate surface area is 118 Å². The zero-order chi connectivity index (χ0) is 13.9. The second kappa shape index (κ2) is 5.45. The van der Waals surface area contributed by atoms with Gasteiger partial charge >= 0.3 is 0 Å². The molecule has 1 aliphatic carbocycles. The number of nitrogens with zero attached hydrogens (tertiary/aromatic N) is 3. The molecule has 2 aromatic rings. The maximum atomic E-state index is 12.2. The number of hydrogen-bond donors (Lipinski definition) is 1. The lowest BCUT2D eigenvalue weighted by Crippen LogP contribution is -2.32. The number of carbonyl (C=O) groups is 1. The van der Waals surface area contributed by atoms with Crippen LogP contribution in [0.25, 0.3) is 0 Å². The van der Waals surface area contributed by atoms with E-state index < -0.39 is 0 Å². The van der Waals surface area contributed by atoms with Crippen LogP contribution in [0.15, 0.2) is 36.8 Å². The van der Waals surface area contributed by atoms with Crippen molar-refractivity contribution in [1.29, 1.82) is 0 Å². The van der Waals surface area contributed by atoms with E-state index in [2.05, 4.69) is 15.3 Å². The molecule has 20 heavy (non-hydrogen) atoms. The van der Waals surface area contributed by atoms with E-state index in [1.807, 2.05) is 36.0 Å². The van der Waals surface area contributed by atoms with Gasteiger partial charge in [-0.15, -0.1) is 0 Å². The molecule has 0 aliphatic heterocycles. The number of imidazole rings is 1. The van der Waals surface area contributed by atoms with Crippen molar-refractivity contribution in [3.8, 4) is 0 Å². The summed E-state index contributed by atoms with van der Waals surface area (Å²) in [7, 11) is 1.96. The highest BCUT2D eigenvalue weighted by Crippen LogP contribution is 2.40. The molecule has 1 N–H and O–H groups in total. The third-order valence-electron chi connectivity index (χ3n) is 3.61. The molecular weight excluding hydrogens is 252 g/mol. The highest BCUT2D eigenvalue weighted by Gasteiger charge is 2.35. The van der Waals surface area contributed by atoms with Gasteiger partial charge in [-0.25, -0.2) is 4.98 Å². The Hall–Kier alpha value is -2.17. The molecule has 5 heteroatoms. The summed E-state index contributed by atoms with van der Waals surface area (Å²) in [6.45, 7) is 0. The number of carbonyl (C=O) groups excluding carboxylic acids is 1. The summed E-state index contributed by atoms with van der Waals surface area (Å²) >= 11 is 0. The van der Waals surface area contributed by atoms with E-state index in [0.717, 1.165) is 24.4 Å². The minimum atomic E-state index is 0.00333. The number of aromatic nitrogens is 3. The third kappa shape index (κ3) is 2.87. The van der Waals surface area contributed by atoms with Gasteiger partial charge in [-0.2, -0.15) is 0 Å². The van der Waals surface area contributed by atoms with Gasteiger partial charge in [0.1, 0.15) is 5.82 Å². The molecule has 1 atom stereocenters. The Morgan fingerprint density at radius 3 is 2.85 bits per heavy atom. The molecule has 0 saturated heterocycles. The van der Waals surface area contributed by atoms with E-state index in [4.69, 9.17) is 0 Å². The highest BCUT2D eigenvalue weighted by molar-refractivity contribution is 5.78. The summed E-state index contributed by atoms with van der Waals surface area (Å²) in [6.07, 6.45) is 8.02. The molecule has 5 nitrogen and oxygen atoms in total. The zero-order valence-corrected chi connectivity index (χ0v) is 11.5. The predicted molar refractivity (Wildman–Crippen MR) is 74.8 cm³/mol. The quantitative estimate of drug-likeness (QED) is 0.898. The summed E-state index contributed by atoms with van der Waals surface area (Å²) in [5, 5.41) is 3.11. The summed E-state index contributed by atoms with van der Waals surface area (Å²) in [4.78, 5) is 20.7. The normalized spacial score (nSPS) is 15.8. The molecule has 1 fully saturated rings. The van der Waals surface area contributed by atoms with Gasteiger partial charge in [-0.1, -0.05) is 6.07 Å². The fourth-order valence-electron chi connectivity index (χ4n) is 2.39. The molecule has 104 valence electrons. The van der Waals surface area contributed by atoms with Crippen LogP contribution in [0.2, 0.25) is 0 Å². The highest BCUT2D eigenvalue weighted by atomic mass is 16.1. The largest absolute Gasteiger partial charge is 0.346 e. The zero-order valence-electron chi connectivity index (χ0n) is 11.5. The molecule has 3 rings (SSSR count). The van der Waals surface area contributed by atoms with Crippen molar-refractivity contribution < 1.29 is 4.79 Å². The fourth-order valence-corrected chi connectivity index (χ4v) is 2.39. The van der Waals surface area contributed by atoms with Crippen LogP contribution < -0.4 is 5.32 Å². The van der Waals surface area contributed by atoms with Gasteiger partial charge in [0.25, 0.3) is 0 Å². The van der Waals surface area contributed by atoms with E-state index in [-0.39, 0.29) is 11.9 Å². The van der Waals surface area contributed by atoms with E-state index in [0.29, 0.717) is 12.3 Å². The van der Waals surface area contributed by atoms with Gasteiger partial charge in [-0.05, 0) is 30.9 Å². The lowest BCUT2D eigenvalue weighted by molar-refractivity contribution is -0.121. The van der Waals surface area contributed by atoms with Gasteiger partial charge in [0.05, 0.1) is 12.5 Å². The average Bonchev–Trinajstić information content (AvgIpc) is 3.20. The smallest absolute Gasteiger partial charge is 0.226 e. The summed E-state index contributed by atoms with van der Waals surface area (Å²) in [6, 6.07) is 5.63. The van der Waals surface area contributed by atoms with Gasteiger partial charge in [-0.3, -0.25) is 9.78 Å². The van der Waals surface area contributed by atoms with Crippen LogP contribution in [0.4, 0.5) is 0 Å². The number of hydrogen-bond acceptors (Lipinski definition) is 3. The number of nitrogens with one attached hydrogen (secondary N) is 1. The van der Waals surface area contributed by atoms with Gasteiger partial charge in [0.15, 0.2) is 0 Å². The average molecular weight is 270 g/mol. The van der Waals surface area contributed by atoms with E-state index in [1.165, 1.54) is 0 Å². The topological polar surface area (TPSA) is 59.8 Å². The molecule has 1 aliphatic rings. The maximum Gasteiger partial charge on any atom is 0.226 e. The molecule has 0 bridgehead atoms. The van der Waals surface area contributed by atoms with Gasteiger partial charge in [0.2, 0.25) is 5.91 Å². The molecule has 0 spiro atoms. The molecule has 1 amide bonds. The van der Waals surface area contributed by atoms with Crippen LogP contribution in [0.3, 0.4) is 0 Å². The minimum Gasteiger partial charge on any atom is -0.346 e. The lowest BCUT2D eigenvalue weighted by atomic mass is 10.1. The number of aryl methyl sites for hydroxylation is 1. The first kappa shape index (κ1) is 12.8. The van der Waals surface area contributed by atoms with Gasteiger partial charge in [0, 0.05) is 31.3 Å². The Bertz CT molecular complexity index is 589. The van der Waals surface area contributed by atoms with Gasteiger partial charge < -0.3 is 9.88 Å². The van der Waals surface area contributed by atoms with Crippen molar-refractivity contribution in [2.45, 2.75) is 25.3 Å². The van der Waals surface area contributed by atoms with Crippen molar-refractivity contribution in [2.75, 3.05) is 0 Å². The molecule has 1 saturated carbocycles. The second-order valence-corrected chi connectivity index (χ2v) is 5.28. The van der Waals surface area contributed by atoms with Crippen LogP contribution in [-0.2, 0) is 18.3 Å². The fraction of sp³-hybridized carbons (Fsp3) is 0.400. The monoisotopic (exact) mass is 270 g/mol. The Morgan fingerprint density at radius 1 is 1.40 bits per heavy atom. The summed E-state index contributed by atoms with van der Waals surface area (Å²) < 4.78 is 1.98. The molecular formula is C15H18N4O. The van der Waals surface area contributed by atoms with Crippen LogP contribution in [-0.4, -0.2) is 20.4 Å². The first-order valence-electron chi connectivity index (χ1n) is 6.90. The van der Waals surface area contributed by atoms with Crippen LogP contribution in [0.5, 0.6) is 0 Å². The first-order chi connectivity index (χ1) is 9.74. The molecule has 0 radical (unpaired) electrons. The Morgan fingerprint density at radius 2 is 2.25 bits per heavy atom. The van der Waals surface area contributed by atoms with E-state index in [9.17, 15) is 4.79 Å². The summed E-state index contributed by atoms with van der Waals surface area (Å²) in [5.74, 6) is 1.45. The maximum absolute atomic E-state index is 12.2. The minimum absolute atomic E-state index is 0.00333.